The molecular formula is C81H73GeN3O. The summed E-state index contributed by atoms with van der Waals surface area (Å²) in [6.45, 7) is 12.9. The van der Waals surface area contributed by atoms with Gasteiger partial charge in [-0.2, -0.15) is 0 Å². The van der Waals surface area contributed by atoms with Gasteiger partial charge in [-0.25, -0.2) is 0 Å². The van der Waals surface area contributed by atoms with Crippen LogP contribution in [0.2, 0.25) is 5.25 Å². The maximum atomic E-state index is 5.55. The second-order valence-electron chi connectivity index (χ2n) is 23.1. The van der Waals surface area contributed by atoms with Crippen LogP contribution in [0.3, 0.4) is 0 Å². The van der Waals surface area contributed by atoms with E-state index >= 15 is 0 Å². The number of rotatable bonds is 18. The minimum absolute atomic E-state index is 0.885. The van der Waals surface area contributed by atoms with Gasteiger partial charge >= 0.3 is 302 Å². The Bertz CT molecular complexity index is 4070. The maximum absolute atomic E-state index is 5.55. The molecule has 0 atom stereocenters. The number of hydrogen-bond donors (Lipinski definition) is 0. The van der Waals surface area contributed by atoms with E-state index in [0.717, 1.165) is 85.3 Å². The third kappa shape index (κ3) is 12.3. The molecule has 0 saturated heterocycles. The first kappa shape index (κ1) is 56.8. The molecule has 0 aliphatic rings. The number of aryl methyl sites for hydroxylation is 7. The Kier molecular flexibility index (Phi) is 16.7. The van der Waals surface area contributed by atoms with E-state index in [-0.39, 0.29) is 0 Å². The standard InChI is InChI=1S/C81H73GeN3O/c1-58-8-30-69(31-9-58)82(70-32-10-59(2)11-33-70,57-56-64-20-54-81(86-7)55-21-64)71-34-52-80(53-35-71)85(75-42-18-63(6)19-43-75)79-50-28-68(29-51-79)67-26-48-78(49-27-67)84(74-40-16-62(5)17-41-74)77-46-24-66(25-47-77)65-22-44-76(45-23-65)83(72-36-12-60(3)13-37-72)73-38-14-61(4)15-39-73/h8-55H,56-57H2,1-7H3. The number of benzene rings is 12. The van der Waals surface area contributed by atoms with Crippen molar-refractivity contribution < 1.29 is 4.74 Å². The van der Waals surface area contributed by atoms with Gasteiger partial charge in [-0.15, -0.1) is 0 Å². The van der Waals surface area contributed by atoms with E-state index < -0.39 is 13.3 Å². The van der Waals surface area contributed by atoms with Gasteiger partial charge in [-0.1, -0.05) is 77.4 Å². The van der Waals surface area contributed by atoms with Gasteiger partial charge in [-0.05, 0) is 92.6 Å². The van der Waals surface area contributed by atoms with Crippen molar-refractivity contribution in [3.05, 3.63) is 330 Å². The van der Waals surface area contributed by atoms with Crippen LogP contribution in [-0.4, -0.2) is 20.4 Å². The fraction of sp³-hybridized carbons (Fsp3) is 0.111. The predicted molar refractivity (Wildman–Crippen MR) is 369 cm³/mol. The molecule has 0 aliphatic carbocycles. The molecule has 0 heterocycles. The van der Waals surface area contributed by atoms with Gasteiger partial charge in [0.1, 0.15) is 0 Å². The summed E-state index contributed by atoms with van der Waals surface area (Å²) < 4.78 is 9.93. The zero-order valence-electron chi connectivity index (χ0n) is 50.4. The summed E-state index contributed by atoms with van der Waals surface area (Å²) in [5, 5.41) is 1.07. The number of anilines is 9. The molecule has 0 N–H and O–H groups in total. The van der Waals surface area contributed by atoms with Crippen molar-refractivity contribution in [3.8, 4) is 28.0 Å². The molecule has 0 unspecified atom stereocenters. The summed E-state index contributed by atoms with van der Waals surface area (Å²) >= 11 is -3.35. The summed E-state index contributed by atoms with van der Waals surface area (Å²) in [6.07, 6.45) is 0.971. The van der Waals surface area contributed by atoms with Crippen molar-refractivity contribution >= 4 is 77.6 Å². The van der Waals surface area contributed by atoms with Gasteiger partial charge < -0.3 is 9.80 Å². The quantitative estimate of drug-likeness (QED) is 0.0797. The zero-order valence-corrected chi connectivity index (χ0v) is 52.5. The van der Waals surface area contributed by atoms with Crippen LogP contribution in [0.25, 0.3) is 22.3 Å². The Morgan fingerprint density at radius 3 is 0.674 bits per heavy atom. The van der Waals surface area contributed by atoms with E-state index in [0.29, 0.717) is 0 Å². The van der Waals surface area contributed by atoms with Crippen molar-refractivity contribution in [1.29, 1.82) is 0 Å². The Morgan fingerprint density at radius 2 is 0.442 bits per heavy atom. The molecule has 0 radical (unpaired) electrons. The molecule has 12 rings (SSSR count). The number of nitrogens with zero attached hydrogens (tertiary/aromatic N) is 3. The molecule has 0 spiro atoms. The Balaban J connectivity index is 0.828. The molecule has 0 bridgehead atoms. The summed E-state index contributed by atoms with van der Waals surface area (Å²) in [6, 6.07) is 108. The van der Waals surface area contributed by atoms with Crippen LogP contribution in [0, 0.1) is 41.5 Å². The van der Waals surface area contributed by atoms with Gasteiger partial charge in [0.2, 0.25) is 0 Å². The van der Waals surface area contributed by atoms with Crippen LogP contribution in [0.4, 0.5) is 51.2 Å². The average Bonchev–Trinajstić information content (AvgIpc) is 3.56. The van der Waals surface area contributed by atoms with Crippen molar-refractivity contribution in [3.63, 3.8) is 0 Å². The first-order valence-corrected chi connectivity index (χ1v) is 34.6. The van der Waals surface area contributed by atoms with E-state index in [1.165, 1.54) is 57.7 Å². The fourth-order valence-electron chi connectivity index (χ4n) is 12.0. The van der Waals surface area contributed by atoms with Crippen molar-refractivity contribution in [2.24, 2.45) is 0 Å². The molecule has 0 amide bonds. The van der Waals surface area contributed by atoms with Crippen LogP contribution >= 0.6 is 0 Å². The average molecular weight is 1180 g/mol. The van der Waals surface area contributed by atoms with Crippen molar-refractivity contribution in [2.45, 2.75) is 53.2 Å². The van der Waals surface area contributed by atoms with Gasteiger partial charge in [-0.3, -0.25) is 0 Å². The van der Waals surface area contributed by atoms with E-state index in [1.807, 2.05) is 0 Å². The van der Waals surface area contributed by atoms with Crippen LogP contribution in [0.5, 0.6) is 5.75 Å². The first-order chi connectivity index (χ1) is 42.0. The molecule has 0 saturated carbocycles. The molecule has 422 valence electrons. The molecule has 4 nitrogen and oxygen atoms in total. The molecule has 86 heavy (non-hydrogen) atoms. The molecule has 0 fully saturated rings. The van der Waals surface area contributed by atoms with Crippen LogP contribution in [0.1, 0.15) is 38.9 Å². The summed E-state index contributed by atoms with van der Waals surface area (Å²) in [4.78, 5) is 7.07. The Morgan fingerprint density at radius 1 is 0.244 bits per heavy atom. The van der Waals surface area contributed by atoms with E-state index in [1.54, 1.807) is 7.11 Å². The van der Waals surface area contributed by atoms with E-state index in [2.05, 4.69) is 347 Å². The molecule has 0 aliphatic heterocycles. The van der Waals surface area contributed by atoms with Gasteiger partial charge in [0.15, 0.2) is 0 Å². The van der Waals surface area contributed by atoms with Gasteiger partial charge in [0.05, 0.1) is 0 Å². The minimum atomic E-state index is -3.35. The zero-order chi connectivity index (χ0) is 59.2. The SMILES string of the molecule is COc1ccc(C[CH2][Ge]([c]2ccc(C)cc2)([c]2ccc(C)cc2)[c]2ccc(N(c3ccc(C)cc3)c3ccc(-c4ccc(N(c5ccc(C)cc5)c5ccc(-c6ccc(N(c7ccc(C)cc7)c7ccc(C)cc7)cc6)cc5)cc4)cc3)cc2)cc1. The van der Waals surface area contributed by atoms with Crippen LogP contribution in [0.15, 0.2) is 291 Å². The molecular weight excluding hydrogens is 1100 g/mol. The monoisotopic (exact) mass is 1180 g/mol. The van der Waals surface area contributed by atoms with Crippen LogP contribution in [-0.2, 0) is 6.42 Å². The van der Waals surface area contributed by atoms with E-state index in [4.69, 9.17) is 4.74 Å². The van der Waals surface area contributed by atoms with Gasteiger partial charge in [0, 0.05) is 34.1 Å². The third-order valence-corrected chi connectivity index (χ3v) is 27.4. The number of ether oxygens (including phenoxy) is 1. The molecule has 12 aromatic rings. The predicted octanol–water partition coefficient (Wildman–Crippen LogP) is 20.0. The topological polar surface area (TPSA) is 19.0 Å². The van der Waals surface area contributed by atoms with Gasteiger partial charge in [0.25, 0.3) is 0 Å². The molecule has 12 aromatic carbocycles. The normalized spacial score (nSPS) is 11.3. The fourth-order valence-corrected chi connectivity index (χ4v) is 21.9. The number of methoxy groups -OCH3 is 1. The summed E-state index contributed by atoms with van der Waals surface area (Å²) in [5.74, 6) is 0.885. The third-order valence-electron chi connectivity index (χ3n) is 17.0. The number of hydrogen-bond acceptors (Lipinski definition) is 4. The Labute approximate surface area is 512 Å². The summed E-state index contributed by atoms with van der Waals surface area (Å²) in [5.41, 5.74) is 23.5. The summed E-state index contributed by atoms with van der Waals surface area (Å²) in [7, 11) is 1.73. The molecule has 0 aromatic heterocycles. The first-order valence-electron chi connectivity index (χ1n) is 29.9. The van der Waals surface area contributed by atoms with Crippen LogP contribution < -0.4 is 32.6 Å². The van der Waals surface area contributed by atoms with Crippen molar-refractivity contribution in [1.82, 2.24) is 0 Å². The molecule has 5 heteroatoms. The second kappa shape index (κ2) is 25.3. The Hall–Kier alpha value is -9.62. The second-order valence-corrected chi connectivity index (χ2v) is 31.6. The van der Waals surface area contributed by atoms with Crippen molar-refractivity contribution in [2.75, 3.05) is 21.8 Å². The van der Waals surface area contributed by atoms with E-state index in [9.17, 15) is 0 Å².